The van der Waals surface area contributed by atoms with Crippen LogP contribution >= 0.6 is 0 Å². The number of nitrogens with one attached hydrogen (secondary N) is 2. The Balaban J connectivity index is 2.23. The van der Waals surface area contributed by atoms with E-state index < -0.39 is 0 Å². The number of rotatable bonds is 6. The van der Waals surface area contributed by atoms with E-state index in [1.54, 1.807) is 7.05 Å². The number of likely N-dealkylation sites (N-methyl/N-ethyl adjacent to an activating group) is 1. The molecule has 5 nitrogen and oxygen atoms in total. The van der Waals surface area contributed by atoms with Gasteiger partial charge >= 0.3 is 0 Å². The zero-order chi connectivity index (χ0) is 14.3. The highest BCUT2D eigenvalue weighted by molar-refractivity contribution is 5.79. The Labute approximate surface area is 117 Å². The van der Waals surface area contributed by atoms with E-state index in [1.165, 1.54) is 0 Å². The standard InChI is InChI=1S/C14H30N4O/c1-12(2)18(5)9-8-16-13(15-4)17-11-14(3)7-6-10-19-14/h12H,6-11H2,1-5H3,(H2,15,16,17). The molecule has 19 heavy (non-hydrogen) atoms. The van der Waals surface area contributed by atoms with Crippen molar-refractivity contribution in [2.24, 2.45) is 4.99 Å². The van der Waals surface area contributed by atoms with Crippen molar-refractivity contribution in [1.29, 1.82) is 0 Å². The molecule has 0 aliphatic carbocycles. The van der Waals surface area contributed by atoms with Gasteiger partial charge in [0.15, 0.2) is 5.96 Å². The largest absolute Gasteiger partial charge is 0.373 e. The van der Waals surface area contributed by atoms with E-state index in [9.17, 15) is 0 Å². The summed E-state index contributed by atoms with van der Waals surface area (Å²) >= 11 is 0. The van der Waals surface area contributed by atoms with Gasteiger partial charge in [-0.05, 0) is 40.7 Å². The van der Waals surface area contributed by atoms with Gasteiger partial charge in [-0.25, -0.2) is 0 Å². The molecule has 2 N–H and O–H groups in total. The number of aliphatic imine (C=N–C) groups is 1. The maximum absolute atomic E-state index is 5.76. The second kappa shape index (κ2) is 7.70. The third kappa shape index (κ3) is 5.78. The van der Waals surface area contributed by atoms with Crippen LogP contribution in [0.4, 0.5) is 0 Å². The molecule has 1 fully saturated rings. The third-order valence-electron chi connectivity index (χ3n) is 3.79. The molecule has 5 heteroatoms. The van der Waals surface area contributed by atoms with Crippen LogP contribution in [-0.4, -0.2) is 62.8 Å². The van der Waals surface area contributed by atoms with Crippen molar-refractivity contribution in [2.75, 3.05) is 40.3 Å². The van der Waals surface area contributed by atoms with Crippen molar-refractivity contribution in [3.63, 3.8) is 0 Å². The molecule has 0 spiro atoms. The lowest BCUT2D eigenvalue weighted by Gasteiger charge is -2.25. The lowest BCUT2D eigenvalue weighted by Crippen LogP contribution is -2.47. The van der Waals surface area contributed by atoms with Crippen molar-refractivity contribution in [3.05, 3.63) is 0 Å². The normalized spacial score (nSPS) is 24.3. The van der Waals surface area contributed by atoms with Gasteiger partial charge in [-0.15, -0.1) is 0 Å². The molecule has 0 aromatic rings. The van der Waals surface area contributed by atoms with Crippen molar-refractivity contribution in [1.82, 2.24) is 15.5 Å². The summed E-state index contributed by atoms with van der Waals surface area (Å²) in [6.07, 6.45) is 2.27. The second-order valence-electron chi connectivity index (χ2n) is 5.83. The van der Waals surface area contributed by atoms with Gasteiger partial charge in [-0.2, -0.15) is 0 Å². The van der Waals surface area contributed by atoms with E-state index in [4.69, 9.17) is 4.74 Å². The van der Waals surface area contributed by atoms with Gasteiger partial charge in [0.05, 0.1) is 5.60 Å². The number of ether oxygens (including phenoxy) is 1. The molecule has 0 amide bonds. The summed E-state index contributed by atoms with van der Waals surface area (Å²) in [7, 11) is 3.94. The molecule has 1 heterocycles. The van der Waals surface area contributed by atoms with Crippen LogP contribution in [0.15, 0.2) is 4.99 Å². The van der Waals surface area contributed by atoms with E-state index in [0.717, 1.165) is 45.0 Å². The molecule has 0 bridgehead atoms. The predicted octanol–water partition coefficient (Wildman–Crippen LogP) is 1.06. The first-order chi connectivity index (χ1) is 8.97. The summed E-state index contributed by atoms with van der Waals surface area (Å²) in [5.74, 6) is 0.855. The highest BCUT2D eigenvalue weighted by Crippen LogP contribution is 2.23. The summed E-state index contributed by atoms with van der Waals surface area (Å²) in [4.78, 5) is 6.55. The first-order valence-electron chi connectivity index (χ1n) is 7.25. The average molecular weight is 270 g/mol. The van der Waals surface area contributed by atoms with E-state index in [1.807, 2.05) is 0 Å². The Kier molecular flexibility index (Phi) is 6.58. The van der Waals surface area contributed by atoms with Crippen LogP contribution < -0.4 is 10.6 Å². The molecule has 112 valence electrons. The zero-order valence-electron chi connectivity index (χ0n) is 13.1. The van der Waals surface area contributed by atoms with Crippen LogP contribution in [0.5, 0.6) is 0 Å². The maximum atomic E-state index is 5.76. The van der Waals surface area contributed by atoms with Crippen LogP contribution in [0.2, 0.25) is 0 Å². The molecule has 0 radical (unpaired) electrons. The Hall–Kier alpha value is -0.810. The highest BCUT2D eigenvalue weighted by Gasteiger charge is 2.29. The maximum Gasteiger partial charge on any atom is 0.191 e. The zero-order valence-corrected chi connectivity index (χ0v) is 13.1. The third-order valence-corrected chi connectivity index (χ3v) is 3.79. The monoisotopic (exact) mass is 270 g/mol. The molecular formula is C14H30N4O. The molecule has 0 aromatic heterocycles. The summed E-state index contributed by atoms with van der Waals surface area (Å²) in [6, 6.07) is 0.572. The second-order valence-corrected chi connectivity index (χ2v) is 5.83. The van der Waals surface area contributed by atoms with Gasteiger partial charge in [0, 0.05) is 39.3 Å². The Bertz CT molecular complexity index is 285. The quantitative estimate of drug-likeness (QED) is 0.560. The van der Waals surface area contributed by atoms with Crippen LogP contribution in [0.3, 0.4) is 0 Å². The summed E-state index contributed by atoms with van der Waals surface area (Å²) in [5.41, 5.74) is -0.0354. The predicted molar refractivity (Wildman–Crippen MR) is 80.7 cm³/mol. The number of hydrogen-bond acceptors (Lipinski definition) is 3. The van der Waals surface area contributed by atoms with Crippen LogP contribution in [0.25, 0.3) is 0 Å². The average Bonchev–Trinajstić information content (AvgIpc) is 2.80. The minimum atomic E-state index is -0.0354. The minimum Gasteiger partial charge on any atom is -0.373 e. The van der Waals surface area contributed by atoms with Crippen molar-refractivity contribution < 1.29 is 4.74 Å². The van der Waals surface area contributed by atoms with Gasteiger partial charge in [0.2, 0.25) is 0 Å². The SMILES string of the molecule is CN=C(NCCN(C)C(C)C)NCC1(C)CCCO1. The Morgan fingerprint density at radius 1 is 1.42 bits per heavy atom. The Morgan fingerprint density at radius 3 is 2.68 bits per heavy atom. The minimum absolute atomic E-state index is 0.0354. The number of hydrogen-bond donors (Lipinski definition) is 2. The fraction of sp³-hybridized carbons (Fsp3) is 0.929. The molecule has 1 unspecified atom stereocenters. The fourth-order valence-electron chi connectivity index (χ4n) is 2.08. The lowest BCUT2D eigenvalue weighted by molar-refractivity contribution is 0.0243. The van der Waals surface area contributed by atoms with Gasteiger partial charge in [-0.1, -0.05) is 0 Å². The van der Waals surface area contributed by atoms with Crippen molar-refractivity contribution in [3.8, 4) is 0 Å². The molecule has 1 rings (SSSR count). The molecular weight excluding hydrogens is 240 g/mol. The lowest BCUT2D eigenvalue weighted by atomic mass is 10.0. The van der Waals surface area contributed by atoms with Gasteiger partial charge in [0.1, 0.15) is 0 Å². The topological polar surface area (TPSA) is 48.9 Å². The fourth-order valence-corrected chi connectivity index (χ4v) is 2.08. The molecule has 1 aliphatic rings. The van der Waals surface area contributed by atoms with Gasteiger partial charge < -0.3 is 20.3 Å². The van der Waals surface area contributed by atoms with Gasteiger partial charge in [-0.3, -0.25) is 4.99 Å². The van der Waals surface area contributed by atoms with Crippen LogP contribution in [0, 0.1) is 0 Å². The first-order valence-corrected chi connectivity index (χ1v) is 7.25. The first kappa shape index (κ1) is 16.2. The van der Waals surface area contributed by atoms with Crippen molar-refractivity contribution >= 4 is 5.96 Å². The van der Waals surface area contributed by atoms with E-state index in [0.29, 0.717) is 6.04 Å². The molecule has 1 saturated heterocycles. The molecule has 1 atom stereocenters. The van der Waals surface area contributed by atoms with Gasteiger partial charge in [0.25, 0.3) is 0 Å². The summed E-state index contributed by atoms with van der Waals surface area (Å²) in [5, 5.41) is 6.69. The van der Waals surface area contributed by atoms with Crippen LogP contribution in [0.1, 0.15) is 33.6 Å². The molecule has 1 aliphatic heterocycles. The van der Waals surface area contributed by atoms with E-state index in [-0.39, 0.29) is 5.60 Å². The van der Waals surface area contributed by atoms with E-state index in [2.05, 4.69) is 48.3 Å². The summed E-state index contributed by atoms with van der Waals surface area (Å²) < 4.78 is 5.76. The van der Waals surface area contributed by atoms with E-state index >= 15 is 0 Å². The smallest absolute Gasteiger partial charge is 0.191 e. The van der Waals surface area contributed by atoms with Crippen LogP contribution in [-0.2, 0) is 4.74 Å². The number of guanidine groups is 1. The number of nitrogens with zero attached hydrogens (tertiary/aromatic N) is 2. The summed E-state index contributed by atoms with van der Waals surface area (Å²) in [6.45, 7) is 10.2. The molecule has 0 aromatic carbocycles. The highest BCUT2D eigenvalue weighted by atomic mass is 16.5. The van der Waals surface area contributed by atoms with Crippen molar-refractivity contribution in [2.45, 2.75) is 45.3 Å². The molecule has 0 saturated carbocycles. The Morgan fingerprint density at radius 2 is 2.16 bits per heavy atom.